The van der Waals surface area contributed by atoms with E-state index >= 15 is 0 Å². The summed E-state index contributed by atoms with van der Waals surface area (Å²) in [6, 6.07) is 6.92. The van der Waals surface area contributed by atoms with Gasteiger partial charge in [0.05, 0.1) is 11.8 Å². The molecule has 4 heteroatoms. The molecule has 3 nitrogen and oxygen atoms in total. The molecule has 1 aromatic carbocycles. The van der Waals surface area contributed by atoms with E-state index in [0.29, 0.717) is 11.5 Å². The zero-order valence-corrected chi connectivity index (χ0v) is 9.00. The van der Waals surface area contributed by atoms with Crippen molar-refractivity contribution < 1.29 is 29.6 Å². The monoisotopic (exact) mass is 354 g/mol. The van der Waals surface area contributed by atoms with Crippen LogP contribution in [0.2, 0.25) is 0 Å². The van der Waals surface area contributed by atoms with Crippen molar-refractivity contribution in [1.82, 2.24) is 4.98 Å². The molecule has 0 spiro atoms. The van der Waals surface area contributed by atoms with Gasteiger partial charge in [0.25, 0.3) is 0 Å². The second-order valence-electron chi connectivity index (χ2n) is 2.35. The number of para-hydroxylation sites is 1. The van der Waals surface area contributed by atoms with Crippen molar-refractivity contribution in [1.29, 1.82) is 0 Å². The van der Waals surface area contributed by atoms with Crippen molar-refractivity contribution in [2.24, 2.45) is 0 Å². The first-order chi connectivity index (χ1) is 5.88. The third-order valence-corrected chi connectivity index (χ3v) is 1.57. The van der Waals surface area contributed by atoms with Crippen molar-refractivity contribution in [2.75, 3.05) is 0 Å². The topological polar surface area (TPSA) is 46.3 Å². The number of phenols is 1. The van der Waals surface area contributed by atoms with Gasteiger partial charge >= 0.3 is 0 Å². The summed E-state index contributed by atoms with van der Waals surface area (Å²) >= 11 is 0. The molecule has 0 aliphatic heterocycles. The SMILES string of the molecule is Oc1ccccc1-c1ncco1.[Ir]. The van der Waals surface area contributed by atoms with Gasteiger partial charge in [0.1, 0.15) is 12.0 Å². The number of benzene rings is 1. The van der Waals surface area contributed by atoms with Crippen LogP contribution in [0.15, 0.2) is 41.1 Å². The molecule has 0 aliphatic carbocycles. The van der Waals surface area contributed by atoms with E-state index in [1.807, 2.05) is 6.07 Å². The molecule has 13 heavy (non-hydrogen) atoms. The van der Waals surface area contributed by atoms with Crippen LogP contribution in [0.5, 0.6) is 5.75 Å². The number of hydrogen-bond donors (Lipinski definition) is 1. The fourth-order valence-electron chi connectivity index (χ4n) is 1.01. The quantitative estimate of drug-likeness (QED) is 0.854. The zero-order valence-electron chi connectivity index (χ0n) is 6.60. The van der Waals surface area contributed by atoms with Crippen LogP contribution in [-0.4, -0.2) is 10.1 Å². The van der Waals surface area contributed by atoms with Gasteiger partial charge in [-0.25, -0.2) is 4.98 Å². The molecule has 2 rings (SSSR count). The Balaban J connectivity index is 0.000000845. The molecule has 0 saturated heterocycles. The van der Waals surface area contributed by atoms with Crippen LogP contribution in [0.1, 0.15) is 0 Å². The summed E-state index contributed by atoms with van der Waals surface area (Å²) in [5, 5.41) is 9.38. The number of aromatic hydroxyl groups is 1. The smallest absolute Gasteiger partial charge is 0.229 e. The number of nitrogens with zero attached hydrogens (tertiary/aromatic N) is 1. The van der Waals surface area contributed by atoms with Gasteiger partial charge in [-0.15, -0.1) is 0 Å². The van der Waals surface area contributed by atoms with Crippen LogP contribution in [0, 0.1) is 0 Å². The van der Waals surface area contributed by atoms with E-state index in [0.717, 1.165) is 0 Å². The molecule has 0 saturated carbocycles. The van der Waals surface area contributed by atoms with E-state index in [1.54, 1.807) is 24.4 Å². The van der Waals surface area contributed by atoms with E-state index in [9.17, 15) is 5.11 Å². The van der Waals surface area contributed by atoms with Crippen LogP contribution in [0.3, 0.4) is 0 Å². The van der Waals surface area contributed by atoms with Crippen molar-refractivity contribution in [2.45, 2.75) is 0 Å². The third kappa shape index (κ3) is 1.97. The first-order valence-electron chi connectivity index (χ1n) is 3.56. The van der Waals surface area contributed by atoms with Gasteiger partial charge in [-0.3, -0.25) is 0 Å². The van der Waals surface area contributed by atoms with Crippen LogP contribution >= 0.6 is 0 Å². The summed E-state index contributed by atoms with van der Waals surface area (Å²) in [6.07, 6.45) is 3.02. The molecule has 69 valence electrons. The largest absolute Gasteiger partial charge is 0.507 e. The van der Waals surface area contributed by atoms with E-state index in [1.165, 1.54) is 6.26 Å². The molecule has 1 aromatic heterocycles. The summed E-state index contributed by atoms with van der Waals surface area (Å²) in [4.78, 5) is 3.92. The molecule has 0 unspecified atom stereocenters. The summed E-state index contributed by atoms with van der Waals surface area (Å²) < 4.78 is 5.03. The number of phenolic OH excluding ortho intramolecular Hbond substituents is 1. The maximum atomic E-state index is 9.38. The number of oxazole rings is 1. The van der Waals surface area contributed by atoms with Crippen molar-refractivity contribution >= 4 is 0 Å². The maximum Gasteiger partial charge on any atom is 0.229 e. The molecular weight excluding hydrogens is 346 g/mol. The molecule has 1 heterocycles. The predicted molar refractivity (Wildman–Crippen MR) is 43.6 cm³/mol. The Hall–Kier alpha value is -1.12. The van der Waals surface area contributed by atoms with E-state index in [-0.39, 0.29) is 25.9 Å². The Morgan fingerprint density at radius 1 is 1.23 bits per heavy atom. The Morgan fingerprint density at radius 2 is 2.00 bits per heavy atom. The van der Waals surface area contributed by atoms with Crippen LogP contribution in [-0.2, 0) is 20.1 Å². The minimum Gasteiger partial charge on any atom is -0.507 e. The molecule has 1 N–H and O–H groups in total. The maximum absolute atomic E-state index is 9.38. The Labute approximate surface area is 88.8 Å². The summed E-state index contributed by atoms with van der Waals surface area (Å²) in [7, 11) is 0. The Morgan fingerprint density at radius 3 is 2.62 bits per heavy atom. The molecule has 0 bridgehead atoms. The fourth-order valence-corrected chi connectivity index (χ4v) is 1.01. The average Bonchev–Trinajstić information content (AvgIpc) is 2.57. The molecule has 0 amide bonds. The standard InChI is InChI=1S/C9H7NO2.Ir/c11-8-4-2-1-3-7(8)9-10-5-6-12-9;/h1-6,11H;. The van der Waals surface area contributed by atoms with E-state index in [4.69, 9.17) is 4.42 Å². The van der Waals surface area contributed by atoms with Crippen molar-refractivity contribution in [3.05, 3.63) is 36.7 Å². The summed E-state index contributed by atoms with van der Waals surface area (Å²) in [6.45, 7) is 0. The second-order valence-corrected chi connectivity index (χ2v) is 2.35. The normalized spacial score (nSPS) is 9.23. The van der Waals surface area contributed by atoms with Crippen molar-refractivity contribution in [3.8, 4) is 17.2 Å². The number of hydrogen-bond acceptors (Lipinski definition) is 3. The first kappa shape index (κ1) is 9.96. The van der Waals surface area contributed by atoms with Gasteiger partial charge in [0.2, 0.25) is 5.89 Å². The van der Waals surface area contributed by atoms with Crippen molar-refractivity contribution in [3.63, 3.8) is 0 Å². The number of rotatable bonds is 1. The van der Waals surface area contributed by atoms with Gasteiger partial charge in [0, 0.05) is 20.1 Å². The Bertz CT molecular complexity index is 373. The van der Waals surface area contributed by atoms with Gasteiger partial charge in [0.15, 0.2) is 0 Å². The van der Waals surface area contributed by atoms with Crippen LogP contribution in [0.4, 0.5) is 0 Å². The molecule has 0 atom stereocenters. The predicted octanol–water partition coefficient (Wildman–Crippen LogP) is 2.04. The molecule has 1 radical (unpaired) electrons. The minimum atomic E-state index is 0. The molecule has 2 aromatic rings. The van der Waals surface area contributed by atoms with Gasteiger partial charge in [-0.2, -0.15) is 0 Å². The van der Waals surface area contributed by atoms with Gasteiger partial charge < -0.3 is 9.52 Å². The van der Waals surface area contributed by atoms with Gasteiger partial charge in [-0.05, 0) is 12.1 Å². The van der Waals surface area contributed by atoms with E-state index in [2.05, 4.69) is 4.98 Å². The fraction of sp³-hybridized carbons (Fsp3) is 0. The minimum absolute atomic E-state index is 0. The third-order valence-electron chi connectivity index (χ3n) is 1.57. The van der Waals surface area contributed by atoms with Gasteiger partial charge in [-0.1, -0.05) is 12.1 Å². The number of aromatic nitrogens is 1. The Kier molecular flexibility index (Phi) is 3.23. The first-order valence-corrected chi connectivity index (χ1v) is 3.56. The van der Waals surface area contributed by atoms with E-state index < -0.39 is 0 Å². The molecule has 0 fully saturated rings. The summed E-state index contributed by atoms with van der Waals surface area (Å²) in [5.41, 5.74) is 0.613. The zero-order chi connectivity index (χ0) is 8.39. The molecule has 0 aliphatic rings. The molecular formula is C9H7IrNO2. The summed E-state index contributed by atoms with van der Waals surface area (Å²) in [5.74, 6) is 0.619. The van der Waals surface area contributed by atoms with Crippen LogP contribution in [0.25, 0.3) is 11.5 Å². The van der Waals surface area contributed by atoms with Crippen LogP contribution < -0.4 is 0 Å². The average molecular weight is 353 g/mol. The second kappa shape index (κ2) is 4.21.